The predicted molar refractivity (Wildman–Crippen MR) is 344 cm³/mol. The fourth-order valence-electron chi connectivity index (χ4n) is 9.54. The van der Waals surface area contributed by atoms with E-state index < -0.39 is 6.10 Å². The van der Waals surface area contributed by atoms with Crippen LogP contribution >= 0.6 is 0 Å². The van der Waals surface area contributed by atoms with Crippen LogP contribution in [-0.2, 0) is 28.6 Å². The first kappa shape index (κ1) is 75.3. The topological polar surface area (TPSA) is 78.9 Å². The zero-order chi connectivity index (χ0) is 57.1. The first-order chi connectivity index (χ1) is 39.0. The van der Waals surface area contributed by atoms with Crippen LogP contribution in [0.3, 0.4) is 0 Å². The van der Waals surface area contributed by atoms with Crippen LogP contribution in [0.2, 0.25) is 0 Å². The Labute approximate surface area is 489 Å². The molecule has 0 aliphatic carbocycles. The molecular formula is C73H126O6. The van der Waals surface area contributed by atoms with Gasteiger partial charge in [0.25, 0.3) is 0 Å². The SMILES string of the molecule is CC/C=C\C/C=C\C/C=C\C/C=C\C/C=C\C/C=C\C/C=C\CCCCCCCCCC(=O)OCC(COC(=O)CCCCCCCCCCCCCCCC)OC(=O)CCCCCCCCC/C=C\CCCCCCCCC. The van der Waals surface area contributed by atoms with E-state index in [4.69, 9.17) is 14.2 Å². The highest BCUT2D eigenvalue weighted by molar-refractivity contribution is 5.71. The molecule has 6 heteroatoms. The number of allylic oxidation sites excluding steroid dienone is 16. The third-order valence-electron chi connectivity index (χ3n) is 14.6. The average Bonchev–Trinajstić information content (AvgIpc) is 3.45. The lowest BCUT2D eigenvalue weighted by Crippen LogP contribution is -2.30. The summed E-state index contributed by atoms with van der Waals surface area (Å²) in [5.41, 5.74) is 0. The summed E-state index contributed by atoms with van der Waals surface area (Å²) in [6.45, 7) is 6.55. The van der Waals surface area contributed by atoms with E-state index in [1.807, 2.05) is 0 Å². The Kier molecular flexibility index (Phi) is 63.7. The van der Waals surface area contributed by atoms with E-state index in [-0.39, 0.29) is 31.1 Å². The minimum absolute atomic E-state index is 0.0793. The van der Waals surface area contributed by atoms with Gasteiger partial charge in [0.1, 0.15) is 13.2 Å². The smallest absolute Gasteiger partial charge is 0.306 e. The van der Waals surface area contributed by atoms with Crippen LogP contribution in [0.15, 0.2) is 97.2 Å². The lowest BCUT2D eigenvalue weighted by molar-refractivity contribution is -0.167. The number of unbranched alkanes of at least 4 members (excludes halogenated alkanes) is 34. The van der Waals surface area contributed by atoms with Crippen molar-refractivity contribution in [2.45, 2.75) is 335 Å². The number of esters is 3. The van der Waals surface area contributed by atoms with E-state index in [1.54, 1.807) is 0 Å². The van der Waals surface area contributed by atoms with Crippen molar-refractivity contribution in [2.75, 3.05) is 13.2 Å². The summed E-state index contributed by atoms with van der Waals surface area (Å²) in [6, 6.07) is 0. The summed E-state index contributed by atoms with van der Waals surface area (Å²) in [7, 11) is 0. The van der Waals surface area contributed by atoms with Crippen LogP contribution in [0.25, 0.3) is 0 Å². The minimum Gasteiger partial charge on any atom is -0.462 e. The van der Waals surface area contributed by atoms with Gasteiger partial charge in [0, 0.05) is 19.3 Å². The molecule has 0 radical (unpaired) electrons. The van der Waals surface area contributed by atoms with Gasteiger partial charge >= 0.3 is 17.9 Å². The summed E-state index contributed by atoms with van der Waals surface area (Å²) in [4.78, 5) is 38.4. The molecule has 0 aliphatic heterocycles. The van der Waals surface area contributed by atoms with E-state index in [0.29, 0.717) is 19.3 Å². The van der Waals surface area contributed by atoms with Crippen LogP contribution in [0.4, 0.5) is 0 Å². The number of hydrogen-bond donors (Lipinski definition) is 0. The standard InChI is InChI=1S/C73H126O6/c1-4-7-10-13-16-19-22-25-28-30-32-33-34-35-36-37-38-39-40-41-42-44-45-48-51-54-57-60-63-66-72(75)78-69-70(68-77-71(74)65-62-59-56-53-50-47-27-24-21-18-15-12-9-6-3)79-73(76)67-64-61-58-55-52-49-46-43-31-29-26-23-20-17-14-11-8-5-2/h7,10,16,19,25,28-29,31-33,35-36,38-39,41-42,70H,4-6,8-9,11-15,17-18,20-24,26-27,30,34,37,40,43-69H2,1-3H3/b10-7-,19-16-,28-25-,31-29-,33-32-,36-35-,39-38-,42-41-. The second kappa shape index (κ2) is 66.8. The van der Waals surface area contributed by atoms with E-state index >= 15 is 0 Å². The van der Waals surface area contributed by atoms with Gasteiger partial charge in [-0.05, 0) is 103 Å². The molecule has 0 saturated heterocycles. The molecule has 0 aromatic heterocycles. The largest absolute Gasteiger partial charge is 0.462 e. The number of rotatable bonds is 61. The third-order valence-corrected chi connectivity index (χ3v) is 14.6. The summed E-state index contributed by atoms with van der Waals surface area (Å²) in [5.74, 6) is -0.881. The summed E-state index contributed by atoms with van der Waals surface area (Å²) >= 11 is 0. The van der Waals surface area contributed by atoms with Crippen LogP contribution in [0, 0.1) is 0 Å². The van der Waals surface area contributed by atoms with Crippen molar-refractivity contribution in [3.8, 4) is 0 Å². The first-order valence-corrected chi connectivity index (χ1v) is 33.7. The van der Waals surface area contributed by atoms with E-state index in [0.717, 1.165) is 109 Å². The molecule has 0 saturated carbocycles. The monoisotopic (exact) mass is 1100 g/mol. The Morgan fingerprint density at radius 2 is 0.494 bits per heavy atom. The second-order valence-corrected chi connectivity index (χ2v) is 22.4. The van der Waals surface area contributed by atoms with Crippen molar-refractivity contribution in [1.82, 2.24) is 0 Å². The normalized spacial score (nSPS) is 12.7. The maximum atomic E-state index is 12.9. The highest BCUT2D eigenvalue weighted by atomic mass is 16.6. The fraction of sp³-hybridized carbons (Fsp3) is 0.740. The number of carbonyl (C=O) groups excluding carboxylic acids is 3. The second-order valence-electron chi connectivity index (χ2n) is 22.4. The summed E-state index contributed by atoms with van der Waals surface area (Å²) in [6.07, 6.45) is 89.8. The maximum absolute atomic E-state index is 12.9. The first-order valence-electron chi connectivity index (χ1n) is 33.7. The van der Waals surface area contributed by atoms with Gasteiger partial charge in [-0.25, -0.2) is 0 Å². The van der Waals surface area contributed by atoms with Crippen LogP contribution < -0.4 is 0 Å². The minimum atomic E-state index is -0.784. The molecule has 6 nitrogen and oxygen atoms in total. The molecule has 0 spiro atoms. The molecular weight excluding hydrogens is 973 g/mol. The molecule has 79 heavy (non-hydrogen) atoms. The Morgan fingerprint density at radius 1 is 0.266 bits per heavy atom. The highest BCUT2D eigenvalue weighted by Crippen LogP contribution is 2.17. The van der Waals surface area contributed by atoms with Crippen molar-refractivity contribution < 1.29 is 28.6 Å². The van der Waals surface area contributed by atoms with E-state index in [9.17, 15) is 14.4 Å². The average molecular weight is 1100 g/mol. The molecule has 0 rings (SSSR count). The van der Waals surface area contributed by atoms with Gasteiger partial charge in [0.2, 0.25) is 0 Å². The molecule has 0 bridgehead atoms. The Hall–Kier alpha value is -3.67. The maximum Gasteiger partial charge on any atom is 0.306 e. The van der Waals surface area contributed by atoms with Crippen molar-refractivity contribution in [3.63, 3.8) is 0 Å². The lowest BCUT2D eigenvalue weighted by atomic mass is 10.0. The zero-order valence-electron chi connectivity index (χ0n) is 52.1. The zero-order valence-corrected chi connectivity index (χ0v) is 52.1. The Balaban J connectivity index is 4.33. The van der Waals surface area contributed by atoms with Gasteiger partial charge in [-0.3, -0.25) is 14.4 Å². The van der Waals surface area contributed by atoms with Crippen molar-refractivity contribution in [1.29, 1.82) is 0 Å². The highest BCUT2D eigenvalue weighted by Gasteiger charge is 2.19. The van der Waals surface area contributed by atoms with E-state index in [1.165, 1.54) is 180 Å². The predicted octanol–water partition coefficient (Wildman–Crippen LogP) is 23.2. The lowest BCUT2D eigenvalue weighted by Gasteiger charge is -2.18. The summed E-state index contributed by atoms with van der Waals surface area (Å²) < 4.78 is 17.0. The van der Waals surface area contributed by atoms with Crippen molar-refractivity contribution in [2.24, 2.45) is 0 Å². The van der Waals surface area contributed by atoms with Gasteiger partial charge in [0.15, 0.2) is 6.10 Å². The molecule has 0 aromatic rings. The van der Waals surface area contributed by atoms with E-state index in [2.05, 4.69) is 118 Å². The molecule has 0 N–H and O–H groups in total. The molecule has 0 amide bonds. The van der Waals surface area contributed by atoms with Crippen LogP contribution in [0.5, 0.6) is 0 Å². The van der Waals surface area contributed by atoms with Gasteiger partial charge in [-0.15, -0.1) is 0 Å². The molecule has 0 fully saturated rings. The molecule has 1 atom stereocenters. The molecule has 454 valence electrons. The molecule has 0 aromatic carbocycles. The summed E-state index contributed by atoms with van der Waals surface area (Å²) in [5, 5.41) is 0. The van der Waals surface area contributed by atoms with Gasteiger partial charge in [0.05, 0.1) is 0 Å². The van der Waals surface area contributed by atoms with Crippen LogP contribution in [-0.4, -0.2) is 37.2 Å². The quantitative estimate of drug-likeness (QED) is 0.0261. The number of carbonyl (C=O) groups is 3. The van der Waals surface area contributed by atoms with Crippen molar-refractivity contribution >= 4 is 17.9 Å². The number of hydrogen-bond acceptors (Lipinski definition) is 6. The third kappa shape index (κ3) is 65.0. The molecule has 1 unspecified atom stereocenters. The molecule has 0 heterocycles. The van der Waals surface area contributed by atoms with Crippen LogP contribution in [0.1, 0.15) is 329 Å². The van der Waals surface area contributed by atoms with Gasteiger partial charge in [-0.2, -0.15) is 0 Å². The fourth-order valence-corrected chi connectivity index (χ4v) is 9.54. The van der Waals surface area contributed by atoms with Gasteiger partial charge in [-0.1, -0.05) is 304 Å². The number of ether oxygens (including phenoxy) is 3. The Morgan fingerprint density at radius 3 is 0.785 bits per heavy atom. The molecule has 0 aliphatic rings. The Bertz CT molecular complexity index is 1540. The van der Waals surface area contributed by atoms with Gasteiger partial charge < -0.3 is 14.2 Å². The van der Waals surface area contributed by atoms with Crippen molar-refractivity contribution in [3.05, 3.63) is 97.2 Å².